The summed E-state index contributed by atoms with van der Waals surface area (Å²) in [5, 5.41) is 19.5. The van der Waals surface area contributed by atoms with Crippen LogP contribution in [0.15, 0.2) is 35.0 Å². The van der Waals surface area contributed by atoms with E-state index in [1.165, 1.54) is 12.1 Å². The number of ketones is 2. The lowest BCUT2D eigenvalue weighted by atomic mass is 9.92. The normalized spacial score (nSPS) is 15.3. The quantitative estimate of drug-likeness (QED) is 0.740. The largest absolute Gasteiger partial charge is 0.481 e. The Labute approximate surface area is 129 Å². The molecule has 1 aliphatic rings. The summed E-state index contributed by atoms with van der Waals surface area (Å²) >= 11 is 5.85. The smallest absolute Gasteiger partial charge is 0.326 e. The van der Waals surface area contributed by atoms with Crippen LogP contribution in [0.1, 0.15) is 27.1 Å². The number of carbonyl (C=O) groups is 4. The number of rotatable bonds is 5. The van der Waals surface area contributed by atoms with Gasteiger partial charge in [0.1, 0.15) is 16.8 Å². The molecule has 0 spiro atoms. The topological polar surface area (TPSA) is 121 Å². The molecule has 0 aliphatic heterocycles. The Kier molecular flexibility index (Phi) is 4.27. The van der Waals surface area contributed by atoms with Crippen LogP contribution in [-0.2, 0) is 9.59 Å². The van der Waals surface area contributed by atoms with E-state index in [0.29, 0.717) is 0 Å². The van der Waals surface area contributed by atoms with E-state index >= 15 is 0 Å². The standard InChI is InChI=1S/C14H10ClNO6/c15-10-11(16-8(14(21)22)5-9(17)18)13(20)7-4-2-1-3-6(7)12(10)19/h1-4,8,16H,5H2,(H,17,18)(H,21,22)/t8-/m0/s1. The summed E-state index contributed by atoms with van der Waals surface area (Å²) in [7, 11) is 0. The number of hydrogen-bond acceptors (Lipinski definition) is 5. The molecule has 1 aromatic rings. The minimum Gasteiger partial charge on any atom is -0.481 e. The molecule has 8 heteroatoms. The van der Waals surface area contributed by atoms with Gasteiger partial charge in [0, 0.05) is 11.1 Å². The first-order valence-electron chi connectivity index (χ1n) is 6.12. The van der Waals surface area contributed by atoms with Crippen LogP contribution in [0.4, 0.5) is 0 Å². The first-order chi connectivity index (χ1) is 10.3. The minimum absolute atomic E-state index is 0.0823. The second kappa shape index (κ2) is 5.98. The molecular formula is C14H10ClNO6. The molecule has 1 aromatic carbocycles. The molecule has 7 nitrogen and oxygen atoms in total. The highest BCUT2D eigenvalue weighted by Gasteiger charge is 2.34. The van der Waals surface area contributed by atoms with Crippen molar-refractivity contribution in [3.8, 4) is 0 Å². The Morgan fingerprint density at radius 1 is 1.09 bits per heavy atom. The van der Waals surface area contributed by atoms with Gasteiger partial charge in [-0.3, -0.25) is 14.4 Å². The maximum atomic E-state index is 12.3. The molecular weight excluding hydrogens is 314 g/mol. The Hall–Kier alpha value is -2.67. The van der Waals surface area contributed by atoms with Crippen LogP contribution in [0.25, 0.3) is 0 Å². The molecule has 0 aromatic heterocycles. The SMILES string of the molecule is O=C(O)C[C@H](NC1=C(Cl)C(=O)c2ccccc2C1=O)C(=O)O. The van der Waals surface area contributed by atoms with Crippen molar-refractivity contribution in [2.45, 2.75) is 12.5 Å². The van der Waals surface area contributed by atoms with Crippen LogP contribution in [0.2, 0.25) is 0 Å². The number of halogens is 1. The fourth-order valence-corrected chi connectivity index (χ4v) is 2.27. The van der Waals surface area contributed by atoms with E-state index < -0.39 is 46.7 Å². The highest BCUT2D eigenvalue weighted by molar-refractivity contribution is 6.49. The van der Waals surface area contributed by atoms with Gasteiger partial charge >= 0.3 is 11.9 Å². The molecule has 2 rings (SSSR count). The molecule has 0 amide bonds. The Morgan fingerprint density at radius 2 is 1.64 bits per heavy atom. The first-order valence-corrected chi connectivity index (χ1v) is 6.50. The van der Waals surface area contributed by atoms with Crippen LogP contribution in [-0.4, -0.2) is 39.8 Å². The summed E-state index contributed by atoms with van der Waals surface area (Å²) in [6, 6.07) is 4.38. The maximum Gasteiger partial charge on any atom is 0.326 e. The second-order valence-corrected chi connectivity index (χ2v) is 4.90. The van der Waals surface area contributed by atoms with Crippen molar-refractivity contribution in [3.05, 3.63) is 46.1 Å². The number of carboxylic acid groups (broad SMARTS) is 2. The summed E-state index contributed by atoms with van der Waals surface area (Å²) in [5.74, 6) is -4.12. The molecule has 0 saturated carbocycles. The van der Waals surface area contributed by atoms with Gasteiger partial charge in [0.25, 0.3) is 0 Å². The van der Waals surface area contributed by atoms with Gasteiger partial charge in [-0.25, -0.2) is 4.79 Å². The third-order valence-electron chi connectivity index (χ3n) is 3.06. The molecule has 114 valence electrons. The van der Waals surface area contributed by atoms with Gasteiger partial charge in [0.2, 0.25) is 11.6 Å². The summed E-state index contributed by atoms with van der Waals surface area (Å²) in [5.41, 5.74) is -0.203. The van der Waals surface area contributed by atoms with E-state index in [1.807, 2.05) is 0 Å². The maximum absolute atomic E-state index is 12.3. The van der Waals surface area contributed by atoms with Gasteiger partial charge in [0.05, 0.1) is 6.42 Å². The molecule has 22 heavy (non-hydrogen) atoms. The molecule has 0 radical (unpaired) electrons. The highest BCUT2D eigenvalue weighted by Crippen LogP contribution is 2.27. The Bertz CT molecular complexity index is 724. The van der Waals surface area contributed by atoms with Crippen molar-refractivity contribution in [2.24, 2.45) is 0 Å². The van der Waals surface area contributed by atoms with Gasteiger partial charge in [-0.2, -0.15) is 0 Å². The lowest BCUT2D eigenvalue weighted by molar-refractivity contribution is -0.145. The van der Waals surface area contributed by atoms with Crippen LogP contribution >= 0.6 is 11.6 Å². The average molecular weight is 324 g/mol. The van der Waals surface area contributed by atoms with E-state index in [4.69, 9.17) is 21.8 Å². The van der Waals surface area contributed by atoms with Crippen LogP contribution < -0.4 is 5.32 Å². The van der Waals surface area contributed by atoms with Crippen molar-refractivity contribution in [1.82, 2.24) is 5.32 Å². The molecule has 0 bridgehead atoms. The van der Waals surface area contributed by atoms with Crippen LogP contribution in [0.3, 0.4) is 0 Å². The molecule has 0 fully saturated rings. The zero-order valence-electron chi connectivity index (χ0n) is 11.0. The van der Waals surface area contributed by atoms with E-state index in [0.717, 1.165) is 0 Å². The van der Waals surface area contributed by atoms with Crippen molar-refractivity contribution < 1.29 is 29.4 Å². The predicted octanol–water partition coefficient (Wildman–Crippen LogP) is 1.03. The van der Waals surface area contributed by atoms with Crippen molar-refractivity contribution in [1.29, 1.82) is 0 Å². The number of hydrogen-bond donors (Lipinski definition) is 3. The fourth-order valence-electron chi connectivity index (χ4n) is 2.02. The van der Waals surface area contributed by atoms with E-state index in [9.17, 15) is 19.2 Å². The van der Waals surface area contributed by atoms with Crippen LogP contribution in [0, 0.1) is 0 Å². The van der Waals surface area contributed by atoms with Gasteiger partial charge in [-0.1, -0.05) is 35.9 Å². The highest BCUT2D eigenvalue weighted by atomic mass is 35.5. The molecule has 0 heterocycles. The number of fused-ring (bicyclic) bond motifs is 1. The average Bonchev–Trinajstić information content (AvgIpc) is 2.47. The third kappa shape index (κ3) is 2.84. The Balaban J connectivity index is 2.40. The van der Waals surface area contributed by atoms with Gasteiger partial charge in [-0.05, 0) is 0 Å². The van der Waals surface area contributed by atoms with Gasteiger partial charge < -0.3 is 15.5 Å². The summed E-state index contributed by atoms with van der Waals surface area (Å²) < 4.78 is 0. The molecule has 1 atom stereocenters. The molecule has 1 aliphatic carbocycles. The summed E-state index contributed by atoms with van der Waals surface area (Å²) in [6.45, 7) is 0. The number of carbonyl (C=O) groups excluding carboxylic acids is 2. The van der Waals surface area contributed by atoms with Crippen molar-refractivity contribution in [3.63, 3.8) is 0 Å². The first kappa shape index (κ1) is 15.7. The van der Waals surface area contributed by atoms with E-state index in [2.05, 4.69) is 5.32 Å². The zero-order valence-corrected chi connectivity index (χ0v) is 11.8. The summed E-state index contributed by atoms with van der Waals surface area (Å²) in [4.78, 5) is 46.2. The van der Waals surface area contributed by atoms with Crippen LogP contribution in [0.5, 0.6) is 0 Å². The van der Waals surface area contributed by atoms with E-state index in [1.54, 1.807) is 12.1 Å². The Morgan fingerprint density at radius 3 is 2.14 bits per heavy atom. The molecule has 0 unspecified atom stereocenters. The lowest BCUT2D eigenvalue weighted by Crippen LogP contribution is -2.42. The van der Waals surface area contributed by atoms with Gasteiger partial charge in [-0.15, -0.1) is 0 Å². The third-order valence-corrected chi connectivity index (χ3v) is 3.42. The van der Waals surface area contributed by atoms with E-state index in [-0.39, 0.29) is 11.1 Å². The second-order valence-electron chi connectivity index (χ2n) is 4.53. The molecule has 3 N–H and O–H groups in total. The number of allylic oxidation sites excluding steroid dienone is 2. The van der Waals surface area contributed by atoms with Crippen molar-refractivity contribution in [2.75, 3.05) is 0 Å². The number of aliphatic carboxylic acids is 2. The monoisotopic (exact) mass is 323 g/mol. The van der Waals surface area contributed by atoms with Gasteiger partial charge in [0.15, 0.2) is 0 Å². The lowest BCUT2D eigenvalue weighted by Gasteiger charge is -2.21. The molecule has 0 saturated heterocycles. The number of benzene rings is 1. The number of carboxylic acids is 2. The number of Topliss-reactive ketones (excluding diaryl/α,β-unsaturated/α-hetero) is 2. The predicted molar refractivity (Wildman–Crippen MR) is 74.8 cm³/mol. The van der Waals surface area contributed by atoms with Crippen molar-refractivity contribution >= 4 is 35.1 Å². The number of nitrogens with one attached hydrogen (secondary N) is 1. The minimum atomic E-state index is -1.58. The zero-order chi connectivity index (χ0) is 16.4. The fraction of sp³-hybridized carbons (Fsp3) is 0.143. The summed E-state index contributed by atoms with van der Waals surface area (Å²) in [6.07, 6.45) is -0.772.